The minimum absolute atomic E-state index is 0.0372. The fourth-order valence-electron chi connectivity index (χ4n) is 3.60. The number of alkyl halides is 1. The normalized spacial score (nSPS) is 24.3. The van der Waals surface area contributed by atoms with Crippen molar-refractivity contribution in [2.24, 2.45) is 5.92 Å². The lowest BCUT2D eigenvalue weighted by atomic mass is 9.87. The summed E-state index contributed by atoms with van der Waals surface area (Å²) in [5, 5.41) is 0. The van der Waals surface area contributed by atoms with Gasteiger partial charge in [0.25, 0.3) is 5.91 Å². The Hall–Kier alpha value is -2.05. The smallest absolute Gasteiger partial charge is 0.254 e. The van der Waals surface area contributed by atoms with Crippen LogP contribution in [-0.2, 0) is 4.79 Å². The Labute approximate surface area is 144 Å². The molecule has 1 aliphatic carbocycles. The molecule has 2 fully saturated rings. The third-order valence-corrected chi connectivity index (χ3v) is 4.95. The molecule has 4 nitrogen and oxygen atoms in total. The maximum absolute atomic E-state index is 13.5. The van der Waals surface area contributed by atoms with E-state index in [2.05, 4.69) is 0 Å². The average molecular weight is 354 g/mol. The van der Waals surface area contributed by atoms with Crippen LogP contribution in [0.3, 0.4) is 0 Å². The van der Waals surface area contributed by atoms with E-state index in [1.54, 1.807) is 4.90 Å². The van der Waals surface area contributed by atoms with Gasteiger partial charge in [-0.1, -0.05) is 0 Å². The molecule has 0 bridgehead atoms. The zero-order valence-corrected chi connectivity index (χ0v) is 13.9. The number of benzene rings is 1. The van der Waals surface area contributed by atoms with Gasteiger partial charge in [-0.2, -0.15) is 0 Å². The number of rotatable bonds is 2. The van der Waals surface area contributed by atoms with Gasteiger partial charge in [-0.15, -0.1) is 0 Å². The molecule has 0 aromatic heterocycles. The Morgan fingerprint density at radius 3 is 2.12 bits per heavy atom. The highest BCUT2D eigenvalue weighted by atomic mass is 19.1. The first kappa shape index (κ1) is 17.8. The molecule has 7 heteroatoms. The number of carbonyl (C=O) groups is 2. The standard InChI is InChI=1S/C18H21F3N2O2/c19-14-3-1-2-12(8-14)17(24)22-4-6-23(7-5-22)18(25)13-9-15(20)11-16(21)10-13/h9-12,14H,1-8H2. The van der Waals surface area contributed by atoms with E-state index in [4.69, 9.17) is 0 Å². The predicted molar refractivity (Wildman–Crippen MR) is 85.7 cm³/mol. The van der Waals surface area contributed by atoms with E-state index in [1.165, 1.54) is 4.90 Å². The largest absolute Gasteiger partial charge is 0.339 e. The minimum atomic E-state index is -0.909. The Bertz CT molecular complexity index is 639. The maximum atomic E-state index is 13.5. The van der Waals surface area contributed by atoms with Crippen LogP contribution in [0, 0.1) is 17.6 Å². The van der Waals surface area contributed by atoms with Crippen molar-refractivity contribution in [1.82, 2.24) is 9.80 Å². The molecule has 2 aliphatic rings. The van der Waals surface area contributed by atoms with Gasteiger partial charge in [-0.3, -0.25) is 9.59 Å². The number of piperazine rings is 1. The zero-order valence-electron chi connectivity index (χ0n) is 13.9. The van der Waals surface area contributed by atoms with E-state index in [-0.39, 0.29) is 23.8 Å². The maximum Gasteiger partial charge on any atom is 0.254 e. The quantitative estimate of drug-likeness (QED) is 0.819. The van der Waals surface area contributed by atoms with Crippen LogP contribution < -0.4 is 0 Å². The molecule has 2 amide bonds. The van der Waals surface area contributed by atoms with Crippen LogP contribution in [0.15, 0.2) is 18.2 Å². The predicted octanol–water partition coefficient (Wildman–Crippen LogP) is 2.78. The molecule has 136 valence electrons. The fraction of sp³-hybridized carbons (Fsp3) is 0.556. The highest BCUT2D eigenvalue weighted by Crippen LogP contribution is 2.28. The van der Waals surface area contributed by atoms with E-state index in [0.717, 1.165) is 24.6 Å². The SMILES string of the molecule is O=C(c1cc(F)cc(F)c1)N1CCN(C(=O)C2CCCC(F)C2)CC1. The molecule has 25 heavy (non-hydrogen) atoms. The number of carbonyl (C=O) groups excluding carboxylic acids is 2. The highest BCUT2D eigenvalue weighted by Gasteiger charge is 2.32. The molecule has 0 spiro atoms. The molecule has 1 saturated carbocycles. The van der Waals surface area contributed by atoms with Crippen LogP contribution >= 0.6 is 0 Å². The van der Waals surface area contributed by atoms with Crippen molar-refractivity contribution in [2.45, 2.75) is 31.9 Å². The third-order valence-electron chi connectivity index (χ3n) is 4.95. The molecule has 3 rings (SSSR count). The number of hydrogen-bond acceptors (Lipinski definition) is 2. The van der Waals surface area contributed by atoms with Gasteiger partial charge in [0.2, 0.25) is 5.91 Å². The van der Waals surface area contributed by atoms with Gasteiger partial charge < -0.3 is 9.80 Å². The lowest BCUT2D eigenvalue weighted by Gasteiger charge is -2.37. The molecule has 2 unspecified atom stereocenters. The topological polar surface area (TPSA) is 40.6 Å². The van der Waals surface area contributed by atoms with Crippen LogP contribution in [0.2, 0.25) is 0 Å². The summed E-state index contributed by atoms with van der Waals surface area (Å²) in [6.45, 7) is 1.31. The average Bonchev–Trinajstić information content (AvgIpc) is 2.60. The van der Waals surface area contributed by atoms with Gasteiger partial charge >= 0.3 is 0 Å². The summed E-state index contributed by atoms with van der Waals surface area (Å²) in [7, 11) is 0. The number of amides is 2. The zero-order chi connectivity index (χ0) is 18.0. The van der Waals surface area contributed by atoms with Crippen molar-refractivity contribution in [3.63, 3.8) is 0 Å². The molecule has 1 aromatic rings. The lowest BCUT2D eigenvalue weighted by Crippen LogP contribution is -2.52. The van der Waals surface area contributed by atoms with Crippen LogP contribution in [0.5, 0.6) is 0 Å². The first-order valence-electron chi connectivity index (χ1n) is 8.62. The van der Waals surface area contributed by atoms with E-state index in [0.29, 0.717) is 39.0 Å². The molecule has 1 saturated heterocycles. The second-order valence-electron chi connectivity index (χ2n) is 6.74. The summed E-state index contributed by atoms with van der Waals surface area (Å²) >= 11 is 0. The van der Waals surface area contributed by atoms with Crippen molar-refractivity contribution in [2.75, 3.05) is 26.2 Å². The first-order valence-corrected chi connectivity index (χ1v) is 8.62. The first-order chi connectivity index (χ1) is 11.9. The lowest BCUT2D eigenvalue weighted by molar-refractivity contribution is -0.138. The van der Waals surface area contributed by atoms with Crippen LogP contribution in [0.25, 0.3) is 0 Å². The summed E-state index contributed by atoms with van der Waals surface area (Å²) in [6.07, 6.45) is 1.33. The fourth-order valence-corrected chi connectivity index (χ4v) is 3.60. The second-order valence-corrected chi connectivity index (χ2v) is 6.74. The van der Waals surface area contributed by atoms with Gasteiger partial charge in [-0.05, 0) is 37.8 Å². The molecule has 2 atom stereocenters. The Morgan fingerprint density at radius 1 is 0.920 bits per heavy atom. The third kappa shape index (κ3) is 4.14. The molecule has 0 radical (unpaired) electrons. The van der Waals surface area contributed by atoms with Crippen LogP contribution in [0.4, 0.5) is 13.2 Å². The molecular weight excluding hydrogens is 333 g/mol. The van der Waals surface area contributed by atoms with E-state index >= 15 is 0 Å². The Balaban J connectivity index is 1.57. The second kappa shape index (κ2) is 7.45. The van der Waals surface area contributed by atoms with Crippen molar-refractivity contribution in [3.05, 3.63) is 35.4 Å². The summed E-state index contributed by atoms with van der Waals surface area (Å²) in [5.41, 5.74) is -0.0372. The van der Waals surface area contributed by atoms with Gasteiger partial charge in [0.1, 0.15) is 17.8 Å². The van der Waals surface area contributed by atoms with Crippen LogP contribution in [-0.4, -0.2) is 54.0 Å². The van der Waals surface area contributed by atoms with Gasteiger partial charge in [0.05, 0.1) is 0 Å². The van der Waals surface area contributed by atoms with E-state index in [9.17, 15) is 22.8 Å². The molecule has 1 aromatic carbocycles. The summed E-state index contributed by atoms with van der Waals surface area (Å²) in [4.78, 5) is 28.0. The highest BCUT2D eigenvalue weighted by molar-refractivity contribution is 5.94. The number of halogens is 3. The van der Waals surface area contributed by atoms with Gasteiger partial charge in [-0.25, -0.2) is 13.2 Å². The molecule has 1 heterocycles. The minimum Gasteiger partial charge on any atom is -0.339 e. The summed E-state index contributed by atoms with van der Waals surface area (Å²) in [6, 6.07) is 2.73. The van der Waals surface area contributed by atoms with Crippen molar-refractivity contribution >= 4 is 11.8 Å². The Kier molecular flexibility index (Phi) is 5.30. The van der Waals surface area contributed by atoms with Gasteiger partial charge in [0.15, 0.2) is 0 Å². The van der Waals surface area contributed by atoms with Crippen LogP contribution in [0.1, 0.15) is 36.0 Å². The van der Waals surface area contributed by atoms with Gasteiger partial charge in [0, 0.05) is 43.7 Å². The Morgan fingerprint density at radius 2 is 1.52 bits per heavy atom. The van der Waals surface area contributed by atoms with E-state index < -0.39 is 23.7 Å². The molecule has 0 N–H and O–H groups in total. The van der Waals surface area contributed by atoms with E-state index in [1.807, 2.05) is 0 Å². The monoisotopic (exact) mass is 354 g/mol. The molecular formula is C18H21F3N2O2. The van der Waals surface area contributed by atoms with Crippen molar-refractivity contribution in [3.8, 4) is 0 Å². The summed E-state index contributed by atoms with van der Waals surface area (Å²) < 4.78 is 40.0. The molecule has 1 aliphatic heterocycles. The number of hydrogen-bond donors (Lipinski definition) is 0. The number of nitrogens with zero attached hydrogens (tertiary/aromatic N) is 2. The summed E-state index contributed by atoms with van der Waals surface area (Å²) in [5.74, 6) is -2.37. The van der Waals surface area contributed by atoms with Crippen molar-refractivity contribution < 1.29 is 22.8 Å². The van der Waals surface area contributed by atoms with Crippen molar-refractivity contribution in [1.29, 1.82) is 0 Å².